The molecule has 0 saturated carbocycles. The second kappa shape index (κ2) is 8.67. The first-order valence-electron chi connectivity index (χ1n) is 8.51. The van der Waals surface area contributed by atoms with Gasteiger partial charge in [0.05, 0.1) is 25.4 Å². The van der Waals surface area contributed by atoms with Gasteiger partial charge in [0.2, 0.25) is 0 Å². The van der Waals surface area contributed by atoms with Crippen molar-refractivity contribution in [3.05, 3.63) is 0 Å². The molecule has 0 spiro atoms. The largest absolute Gasteiger partial charge is 0.444 e. The summed E-state index contributed by atoms with van der Waals surface area (Å²) in [6.07, 6.45) is 0.442. The smallest absolute Gasteiger partial charge is 0.413 e. The molecule has 13 heteroatoms. The van der Waals surface area contributed by atoms with Crippen LogP contribution in [-0.4, -0.2) is 79.0 Å². The Hall–Kier alpha value is -1.51. The maximum Gasteiger partial charge on any atom is 0.413 e. The molecule has 2 heterocycles. The molecular formula is C14H26N4O8S. The molecule has 0 radical (unpaired) electrons. The summed E-state index contributed by atoms with van der Waals surface area (Å²) in [5, 5.41) is 3.64. The Morgan fingerprint density at radius 3 is 2.59 bits per heavy atom. The number of hydrogen-bond acceptors (Lipinski definition) is 9. The first-order valence-corrected chi connectivity index (χ1v) is 9.87. The molecule has 1 unspecified atom stereocenters. The molecule has 2 aliphatic heterocycles. The lowest BCUT2D eigenvalue weighted by Gasteiger charge is -2.29. The van der Waals surface area contributed by atoms with Gasteiger partial charge in [-0.2, -0.15) is 17.8 Å². The molecule has 27 heavy (non-hydrogen) atoms. The van der Waals surface area contributed by atoms with Gasteiger partial charge in [0, 0.05) is 13.1 Å². The van der Waals surface area contributed by atoms with Crippen molar-refractivity contribution in [2.75, 3.05) is 26.4 Å². The van der Waals surface area contributed by atoms with Crippen LogP contribution in [0.3, 0.4) is 0 Å². The van der Waals surface area contributed by atoms with Gasteiger partial charge in [-0.1, -0.05) is 0 Å². The Balaban J connectivity index is 1.68. The zero-order valence-corrected chi connectivity index (χ0v) is 16.3. The molecule has 2 rings (SSSR count). The predicted molar refractivity (Wildman–Crippen MR) is 91.2 cm³/mol. The number of carbonyl (C=O) groups is 2. The van der Waals surface area contributed by atoms with E-state index < -0.39 is 28.1 Å². The van der Waals surface area contributed by atoms with E-state index in [2.05, 4.69) is 15.1 Å². The van der Waals surface area contributed by atoms with Crippen LogP contribution in [0.25, 0.3) is 0 Å². The SMILES string of the molecule is CC(C)(C)OC(=O)NCCONC(=O)[C@@H]1CC[C@@H]2CN1CN2OS(=O)(=O)O. The fourth-order valence-electron chi connectivity index (χ4n) is 2.92. The van der Waals surface area contributed by atoms with Crippen LogP contribution in [0, 0.1) is 0 Å². The van der Waals surface area contributed by atoms with E-state index in [1.165, 1.54) is 0 Å². The number of alkyl carbamates (subject to hydrolysis) is 1. The number of carbonyl (C=O) groups excluding carboxylic acids is 2. The van der Waals surface area contributed by atoms with E-state index >= 15 is 0 Å². The number of hydrogen-bond donors (Lipinski definition) is 3. The fourth-order valence-corrected chi connectivity index (χ4v) is 3.33. The number of ether oxygens (including phenoxy) is 1. The van der Waals surface area contributed by atoms with Crippen LogP contribution in [0.15, 0.2) is 0 Å². The van der Waals surface area contributed by atoms with Gasteiger partial charge < -0.3 is 10.1 Å². The Morgan fingerprint density at radius 2 is 1.96 bits per heavy atom. The molecule has 3 atom stereocenters. The van der Waals surface area contributed by atoms with Crippen molar-refractivity contribution < 1.29 is 36.4 Å². The monoisotopic (exact) mass is 410 g/mol. The summed E-state index contributed by atoms with van der Waals surface area (Å²) in [6.45, 7) is 5.96. The van der Waals surface area contributed by atoms with Gasteiger partial charge in [0.1, 0.15) is 5.60 Å². The van der Waals surface area contributed by atoms with Crippen LogP contribution in [0.5, 0.6) is 0 Å². The van der Waals surface area contributed by atoms with Crippen molar-refractivity contribution in [1.82, 2.24) is 20.8 Å². The third-order valence-corrected chi connectivity index (χ3v) is 4.31. The van der Waals surface area contributed by atoms with Gasteiger partial charge in [-0.3, -0.25) is 19.1 Å². The lowest BCUT2D eigenvalue weighted by Crippen LogP contribution is -2.49. The average Bonchev–Trinajstić information content (AvgIpc) is 2.79. The highest BCUT2D eigenvalue weighted by Gasteiger charge is 2.43. The Morgan fingerprint density at radius 1 is 1.26 bits per heavy atom. The molecule has 3 N–H and O–H groups in total. The predicted octanol–water partition coefficient (Wildman–Crippen LogP) is -0.601. The maximum atomic E-state index is 12.2. The van der Waals surface area contributed by atoms with Crippen molar-refractivity contribution in [3.8, 4) is 0 Å². The highest BCUT2D eigenvalue weighted by atomic mass is 32.3. The Bertz CT molecular complexity index is 650. The topological polar surface area (TPSA) is 147 Å². The molecule has 0 aromatic rings. The van der Waals surface area contributed by atoms with E-state index in [1.54, 1.807) is 25.7 Å². The zero-order chi connectivity index (χ0) is 20.2. The first-order chi connectivity index (χ1) is 12.4. The zero-order valence-electron chi connectivity index (χ0n) is 15.5. The van der Waals surface area contributed by atoms with Crippen LogP contribution < -0.4 is 10.8 Å². The van der Waals surface area contributed by atoms with Crippen LogP contribution in [-0.2, 0) is 29.1 Å². The Kier molecular flexibility index (Phi) is 6.99. The first kappa shape index (κ1) is 21.8. The van der Waals surface area contributed by atoms with Gasteiger partial charge in [0.25, 0.3) is 5.91 Å². The quantitative estimate of drug-likeness (QED) is 0.282. The molecule has 0 aromatic heterocycles. The van der Waals surface area contributed by atoms with E-state index in [1.807, 2.05) is 0 Å². The maximum absolute atomic E-state index is 12.2. The minimum atomic E-state index is -4.59. The number of fused-ring (bicyclic) bond motifs is 2. The third-order valence-electron chi connectivity index (χ3n) is 3.93. The van der Waals surface area contributed by atoms with Crippen molar-refractivity contribution >= 4 is 22.4 Å². The highest BCUT2D eigenvalue weighted by Crippen LogP contribution is 2.28. The summed E-state index contributed by atoms with van der Waals surface area (Å²) in [4.78, 5) is 30.5. The van der Waals surface area contributed by atoms with E-state index in [-0.39, 0.29) is 31.8 Å². The van der Waals surface area contributed by atoms with Crippen LogP contribution >= 0.6 is 0 Å². The van der Waals surface area contributed by atoms with E-state index in [0.29, 0.717) is 19.4 Å². The number of rotatable bonds is 7. The third kappa shape index (κ3) is 7.20. The average molecular weight is 410 g/mol. The highest BCUT2D eigenvalue weighted by molar-refractivity contribution is 7.80. The van der Waals surface area contributed by atoms with Crippen LogP contribution in [0.2, 0.25) is 0 Å². The second-order valence-corrected chi connectivity index (χ2v) is 8.33. The molecule has 156 valence electrons. The summed E-state index contributed by atoms with van der Waals surface area (Å²) >= 11 is 0. The molecule has 0 aliphatic carbocycles. The molecule has 2 amide bonds. The molecule has 2 bridgehead atoms. The summed E-state index contributed by atoms with van der Waals surface area (Å²) in [5.74, 6) is -0.376. The number of nitrogens with zero attached hydrogens (tertiary/aromatic N) is 2. The van der Waals surface area contributed by atoms with Crippen molar-refractivity contribution in [2.45, 2.75) is 51.3 Å². The standard InChI is InChI=1S/C14H26N4O8S/c1-14(2,3)25-13(20)15-6-7-24-16-12(19)11-5-4-10-8-17(11)9-18(10)26-27(21,22)23/h10-11H,4-9H2,1-3H3,(H,15,20)(H,16,19)(H,21,22,23)/t10-,11+/m1/s1. The van der Waals surface area contributed by atoms with Gasteiger partial charge in [-0.15, -0.1) is 0 Å². The number of nitrogens with one attached hydrogen (secondary N) is 2. The summed E-state index contributed by atoms with van der Waals surface area (Å²) < 4.78 is 40.1. The summed E-state index contributed by atoms with van der Waals surface area (Å²) in [5.41, 5.74) is 1.72. The number of amides is 2. The van der Waals surface area contributed by atoms with Crippen molar-refractivity contribution in [2.24, 2.45) is 0 Å². The summed E-state index contributed by atoms with van der Waals surface area (Å²) in [7, 11) is -4.59. The normalized spacial score (nSPS) is 25.9. The minimum absolute atomic E-state index is 0.0539. The van der Waals surface area contributed by atoms with Crippen LogP contribution in [0.1, 0.15) is 33.6 Å². The van der Waals surface area contributed by atoms with Crippen molar-refractivity contribution in [3.63, 3.8) is 0 Å². The van der Waals surface area contributed by atoms with Gasteiger partial charge >= 0.3 is 16.5 Å². The van der Waals surface area contributed by atoms with Crippen LogP contribution in [0.4, 0.5) is 4.79 Å². The minimum Gasteiger partial charge on any atom is -0.444 e. The second-order valence-electron chi connectivity index (χ2n) is 7.32. The van der Waals surface area contributed by atoms with Gasteiger partial charge in [0.15, 0.2) is 0 Å². The van der Waals surface area contributed by atoms with E-state index in [0.717, 1.165) is 5.06 Å². The molecular weight excluding hydrogens is 384 g/mol. The molecule has 12 nitrogen and oxygen atoms in total. The number of piperidine rings is 1. The van der Waals surface area contributed by atoms with Crippen molar-refractivity contribution in [1.29, 1.82) is 0 Å². The van der Waals surface area contributed by atoms with E-state index in [4.69, 9.17) is 14.1 Å². The Labute approximate surface area is 158 Å². The van der Waals surface area contributed by atoms with Gasteiger partial charge in [-0.25, -0.2) is 10.3 Å². The van der Waals surface area contributed by atoms with E-state index in [9.17, 15) is 18.0 Å². The number of hydroxylamine groups is 3. The lowest BCUT2D eigenvalue weighted by atomic mass is 10.0. The molecule has 2 aliphatic rings. The molecule has 2 saturated heterocycles. The lowest BCUT2D eigenvalue weighted by molar-refractivity contribution is -0.139. The fraction of sp³-hybridized carbons (Fsp3) is 0.857. The summed E-state index contributed by atoms with van der Waals surface area (Å²) in [6, 6.07) is -0.718. The molecule has 2 fully saturated rings. The van der Waals surface area contributed by atoms with Gasteiger partial charge in [-0.05, 0) is 33.6 Å². The molecule has 0 aromatic carbocycles.